The Kier molecular flexibility index (Phi) is 5.34. The zero-order valence-corrected chi connectivity index (χ0v) is 17.0. The first-order valence-corrected chi connectivity index (χ1v) is 9.79. The largest absolute Gasteiger partial charge is 0.449 e. The van der Waals surface area contributed by atoms with Gasteiger partial charge in [-0.05, 0) is 51.3 Å². The number of hydrogen-bond acceptors (Lipinski definition) is 2. The molecule has 1 aromatic heterocycles. The van der Waals surface area contributed by atoms with Crippen LogP contribution in [0.3, 0.4) is 0 Å². The molecule has 0 radical (unpaired) electrons. The van der Waals surface area contributed by atoms with E-state index < -0.39 is 18.0 Å². The minimum absolute atomic E-state index is 0.204. The molecule has 0 aliphatic heterocycles. The average Bonchev–Trinajstić information content (AvgIpc) is 3.17. The Bertz CT molecular complexity index is 1210. The number of carbonyl (C=O) groups excluding carboxylic acids is 1. The number of imidazole rings is 1. The lowest BCUT2D eigenvalue weighted by atomic mass is 9.97. The van der Waals surface area contributed by atoms with Gasteiger partial charge >= 0.3 is 6.18 Å². The number of aromatic amines is 1. The number of rotatable bonds is 4. The van der Waals surface area contributed by atoms with E-state index in [4.69, 9.17) is 0 Å². The Labute approximate surface area is 178 Å². The van der Waals surface area contributed by atoms with Crippen LogP contribution in [0.5, 0.6) is 0 Å². The van der Waals surface area contributed by atoms with E-state index >= 15 is 0 Å². The zero-order valence-electron chi connectivity index (χ0n) is 15.4. The predicted molar refractivity (Wildman–Crippen MR) is 111 cm³/mol. The molecule has 0 saturated carbocycles. The summed E-state index contributed by atoms with van der Waals surface area (Å²) in [6, 6.07) is 20.4. The van der Waals surface area contributed by atoms with Crippen LogP contribution in [0.1, 0.15) is 33.4 Å². The second kappa shape index (κ2) is 7.95. The summed E-state index contributed by atoms with van der Waals surface area (Å²) in [6.07, 6.45) is -4.56. The number of nitrogens with one attached hydrogen (secondary N) is 2. The van der Waals surface area contributed by atoms with E-state index in [2.05, 4.69) is 31.2 Å². The first kappa shape index (κ1) is 20.2. The van der Waals surface area contributed by atoms with E-state index in [0.717, 1.165) is 5.56 Å². The summed E-state index contributed by atoms with van der Waals surface area (Å²) < 4.78 is 39.6. The maximum Gasteiger partial charge on any atom is 0.449 e. The smallest absolute Gasteiger partial charge is 0.341 e. The minimum atomic E-state index is -4.56. The molecule has 0 fully saturated rings. The van der Waals surface area contributed by atoms with Crippen LogP contribution in [0, 0.1) is 0 Å². The molecular weight excluding hydrogens is 459 g/mol. The van der Waals surface area contributed by atoms with E-state index in [1.165, 1.54) is 6.07 Å². The Morgan fingerprint density at radius 1 is 0.967 bits per heavy atom. The Morgan fingerprint density at radius 2 is 1.67 bits per heavy atom. The van der Waals surface area contributed by atoms with Gasteiger partial charge in [0, 0.05) is 4.47 Å². The normalized spacial score (nSPS) is 12.7. The molecule has 4 rings (SSSR count). The summed E-state index contributed by atoms with van der Waals surface area (Å²) >= 11 is 3.37. The van der Waals surface area contributed by atoms with E-state index in [9.17, 15) is 18.0 Å². The minimum Gasteiger partial charge on any atom is -0.341 e. The third kappa shape index (κ3) is 4.09. The topological polar surface area (TPSA) is 57.8 Å². The van der Waals surface area contributed by atoms with Gasteiger partial charge in [0.15, 0.2) is 0 Å². The molecule has 4 aromatic rings. The van der Waals surface area contributed by atoms with Crippen LogP contribution in [-0.4, -0.2) is 15.9 Å². The Morgan fingerprint density at radius 3 is 2.37 bits per heavy atom. The number of carbonyl (C=O) groups is 1. The molecule has 0 saturated heterocycles. The van der Waals surface area contributed by atoms with Gasteiger partial charge in [-0.25, -0.2) is 4.98 Å². The molecule has 0 spiro atoms. The van der Waals surface area contributed by atoms with Crippen molar-refractivity contribution in [3.05, 3.63) is 99.8 Å². The molecule has 0 aliphatic carbocycles. The van der Waals surface area contributed by atoms with E-state index in [-0.39, 0.29) is 16.9 Å². The van der Waals surface area contributed by atoms with Gasteiger partial charge in [-0.3, -0.25) is 4.79 Å². The molecular formula is C22H15BrF3N3O. The molecule has 30 heavy (non-hydrogen) atoms. The van der Waals surface area contributed by atoms with Crippen molar-refractivity contribution in [2.24, 2.45) is 0 Å². The van der Waals surface area contributed by atoms with Crippen molar-refractivity contribution in [2.45, 2.75) is 12.2 Å². The highest BCUT2D eigenvalue weighted by Crippen LogP contribution is 2.31. The van der Waals surface area contributed by atoms with Crippen LogP contribution < -0.4 is 5.32 Å². The Hall–Kier alpha value is -3.13. The van der Waals surface area contributed by atoms with Gasteiger partial charge in [0.2, 0.25) is 5.82 Å². The van der Waals surface area contributed by atoms with E-state index in [1.54, 1.807) is 36.4 Å². The van der Waals surface area contributed by atoms with Gasteiger partial charge in [0.05, 0.1) is 22.6 Å². The van der Waals surface area contributed by atoms with Gasteiger partial charge in [-0.15, -0.1) is 0 Å². The molecule has 3 aromatic carbocycles. The lowest BCUT2D eigenvalue weighted by Gasteiger charge is -2.20. The van der Waals surface area contributed by atoms with Crippen molar-refractivity contribution in [3.8, 4) is 0 Å². The molecule has 1 atom stereocenters. The highest BCUT2D eigenvalue weighted by molar-refractivity contribution is 9.10. The molecule has 2 N–H and O–H groups in total. The second-order valence-corrected chi connectivity index (χ2v) is 7.51. The summed E-state index contributed by atoms with van der Waals surface area (Å²) in [6.45, 7) is 0. The first-order valence-electron chi connectivity index (χ1n) is 9.00. The molecule has 1 heterocycles. The molecule has 8 heteroatoms. The third-order valence-electron chi connectivity index (χ3n) is 4.63. The van der Waals surface area contributed by atoms with Crippen molar-refractivity contribution in [1.82, 2.24) is 15.3 Å². The van der Waals surface area contributed by atoms with Gasteiger partial charge in [-0.2, -0.15) is 13.2 Å². The summed E-state index contributed by atoms with van der Waals surface area (Å²) in [5.74, 6) is -1.36. The summed E-state index contributed by atoms with van der Waals surface area (Å²) in [4.78, 5) is 18.8. The van der Waals surface area contributed by atoms with Crippen LogP contribution >= 0.6 is 15.9 Å². The molecule has 4 nitrogen and oxygen atoms in total. The summed E-state index contributed by atoms with van der Waals surface area (Å²) in [7, 11) is 0. The quantitative estimate of drug-likeness (QED) is 0.389. The van der Waals surface area contributed by atoms with Gasteiger partial charge < -0.3 is 10.3 Å². The highest BCUT2D eigenvalue weighted by Gasteiger charge is 2.34. The van der Waals surface area contributed by atoms with Crippen molar-refractivity contribution in [2.75, 3.05) is 0 Å². The lowest BCUT2D eigenvalue weighted by molar-refractivity contribution is -0.144. The number of alkyl halides is 3. The van der Waals surface area contributed by atoms with Crippen LogP contribution in [0.25, 0.3) is 11.0 Å². The number of nitrogens with zero attached hydrogens (tertiary/aromatic N) is 1. The number of hydrogen-bond donors (Lipinski definition) is 2. The van der Waals surface area contributed by atoms with Crippen LogP contribution in [0.4, 0.5) is 13.2 Å². The number of halogens is 4. The lowest BCUT2D eigenvalue weighted by Crippen LogP contribution is -2.29. The molecule has 152 valence electrons. The maximum atomic E-state index is 13.0. The predicted octanol–water partition coefficient (Wildman–Crippen LogP) is 5.86. The second-order valence-electron chi connectivity index (χ2n) is 6.66. The molecule has 0 bridgehead atoms. The molecule has 0 aliphatic rings. The first-order chi connectivity index (χ1) is 14.3. The maximum absolute atomic E-state index is 13.0. The van der Waals surface area contributed by atoms with E-state index in [0.29, 0.717) is 15.6 Å². The van der Waals surface area contributed by atoms with Crippen LogP contribution in [0.2, 0.25) is 0 Å². The summed E-state index contributed by atoms with van der Waals surface area (Å²) in [5, 5.41) is 2.98. The van der Waals surface area contributed by atoms with Gasteiger partial charge in [0.1, 0.15) is 0 Å². The SMILES string of the molecule is O=C(NC(c1ccccc1)c1ccc2nc(C(F)(F)F)[nH]c2c1)c1ccccc1Br. The number of H-pyrrole nitrogens is 1. The number of benzene rings is 3. The molecule has 1 unspecified atom stereocenters. The van der Waals surface area contributed by atoms with Crippen molar-refractivity contribution < 1.29 is 18.0 Å². The fraction of sp³-hybridized carbons (Fsp3) is 0.0909. The zero-order chi connectivity index (χ0) is 21.3. The van der Waals surface area contributed by atoms with Crippen LogP contribution in [-0.2, 0) is 6.18 Å². The fourth-order valence-corrected chi connectivity index (χ4v) is 3.66. The summed E-state index contributed by atoms with van der Waals surface area (Å²) in [5.41, 5.74) is 2.34. The third-order valence-corrected chi connectivity index (χ3v) is 5.33. The van der Waals surface area contributed by atoms with Gasteiger partial charge in [-0.1, -0.05) is 48.5 Å². The van der Waals surface area contributed by atoms with Crippen molar-refractivity contribution in [1.29, 1.82) is 0 Å². The van der Waals surface area contributed by atoms with Crippen molar-refractivity contribution in [3.63, 3.8) is 0 Å². The van der Waals surface area contributed by atoms with Crippen molar-refractivity contribution >= 4 is 32.9 Å². The molecule has 1 amide bonds. The number of amides is 1. The van der Waals surface area contributed by atoms with Gasteiger partial charge in [0.25, 0.3) is 5.91 Å². The standard InChI is InChI=1S/C22H15BrF3N3O/c23-16-9-5-4-8-15(16)20(30)29-19(13-6-2-1-3-7-13)14-10-11-17-18(12-14)28-21(27-17)22(24,25)26/h1-12,19H,(H,27,28)(H,29,30). The Balaban J connectivity index is 1.75. The fourth-order valence-electron chi connectivity index (χ4n) is 3.20. The van der Waals surface area contributed by atoms with Crippen LogP contribution in [0.15, 0.2) is 77.3 Å². The highest BCUT2D eigenvalue weighted by atomic mass is 79.9. The number of fused-ring (bicyclic) bond motifs is 1. The number of aromatic nitrogens is 2. The monoisotopic (exact) mass is 473 g/mol. The average molecular weight is 474 g/mol. The van der Waals surface area contributed by atoms with E-state index in [1.807, 2.05) is 30.3 Å².